The number of rotatable bonds is 7. The smallest absolute Gasteiger partial charge is 0.0916 e. The van der Waals surface area contributed by atoms with E-state index in [1.165, 1.54) is 12.0 Å². The predicted octanol–water partition coefficient (Wildman–Crippen LogP) is 3.26. The summed E-state index contributed by atoms with van der Waals surface area (Å²) in [6, 6.07) is 8.29. The van der Waals surface area contributed by atoms with E-state index in [0.717, 1.165) is 18.5 Å². The summed E-state index contributed by atoms with van der Waals surface area (Å²) in [5, 5.41) is 10.2. The van der Waals surface area contributed by atoms with Gasteiger partial charge in [-0.15, -0.1) is 0 Å². The zero-order valence-electron chi connectivity index (χ0n) is 12.2. The Kier molecular flexibility index (Phi) is 6.37. The van der Waals surface area contributed by atoms with Crippen LogP contribution in [-0.4, -0.2) is 30.1 Å². The molecule has 2 heteroatoms. The largest absolute Gasteiger partial charge is 0.387 e. The molecule has 1 aromatic carbocycles. The van der Waals surface area contributed by atoms with Crippen LogP contribution in [0.2, 0.25) is 0 Å². The summed E-state index contributed by atoms with van der Waals surface area (Å²) in [7, 11) is 2.08. The molecule has 0 saturated carbocycles. The van der Waals surface area contributed by atoms with Crippen LogP contribution in [0.15, 0.2) is 24.3 Å². The van der Waals surface area contributed by atoms with Gasteiger partial charge in [0.25, 0.3) is 0 Å². The van der Waals surface area contributed by atoms with Gasteiger partial charge in [-0.05, 0) is 30.5 Å². The normalized spacial score (nSPS) is 14.8. The van der Waals surface area contributed by atoms with Crippen LogP contribution in [-0.2, 0) is 6.42 Å². The zero-order valence-corrected chi connectivity index (χ0v) is 12.2. The summed E-state index contributed by atoms with van der Waals surface area (Å²) in [4.78, 5) is 2.21. The molecule has 0 saturated heterocycles. The Hall–Kier alpha value is -0.860. The Morgan fingerprint density at radius 3 is 2.22 bits per heavy atom. The standard InChI is InChI=1S/C16H27NO/c1-5-13(3)11-17(4)12-16(18)15-9-7-14(6-2)8-10-15/h7-10,13,16,18H,5-6,11-12H2,1-4H3. The van der Waals surface area contributed by atoms with Crippen LogP contribution in [0.5, 0.6) is 0 Å². The Bertz CT molecular complexity index is 333. The molecule has 102 valence electrons. The highest BCUT2D eigenvalue weighted by Crippen LogP contribution is 2.16. The molecular formula is C16H27NO. The Morgan fingerprint density at radius 1 is 1.11 bits per heavy atom. The molecule has 0 amide bonds. The van der Waals surface area contributed by atoms with Gasteiger partial charge in [0.1, 0.15) is 0 Å². The van der Waals surface area contributed by atoms with Gasteiger partial charge >= 0.3 is 0 Å². The van der Waals surface area contributed by atoms with Crippen molar-refractivity contribution >= 4 is 0 Å². The Labute approximate surface area is 112 Å². The van der Waals surface area contributed by atoms with E-state index in [0.29, 0.717) is 12.5 Å². The fraction of sp³-hybridized carbons (Fsp3) is 0.625. The lowest BCUT2D eigenvalue weighted by Crippen LogP contribution is -2.28. The molecule has 0 heterocycles. The highest BCUT2D eigenvalue weighted by atomic mass is 16.3. The van der Waals surface area contributed by atoms with Gasteiger partial charge in [-0.25, -0.2) is 0 Å². The van der Waals surface area contributed by atoms with E-state index in [9.17, 15) is 5.11 Å². The van der Waals surface area contributed by atoms with Crippen molar-refractivity contribution in [2.45, 2.75) is 39.7 Å². The minimum atomic E-state index is -0.384. The summed E-state index contributed by atoms with van der Waals surface area (Å²) in [6.07, 6.45) is 1.85. The van der Waals surface area contributed by atoms with Crippen molar-refractivity contribution in [3.8, 4) is 0 Å². The van der Waals surface area contributed by atoms with Gasteiger partial charge in [0.2, 0.25) is 0 Å². The van der Waals surface area contributed by atoms with E-state index in [1.807, 2.05) is 12.1 Å². The molecule has 1 rings (SSSR count). The topological polar surface area (TPSA) is 23.5 Å². The fourth-order valence-corrected chi connectivity index (χ4v) is 2.11. The summed E-state index contributed by atoms with van der Waals surface area (Å²) in [6.45, 7) is 8.35. The van der Waals surface area contributed by atoms with Crippen LogP contribution in [0.3, 0.4) is 0 Å². The molecule has 0 aliphatic carbocycles. The summed E-state index contributed by atoms with van der Waals surface area (Å²) < 4.78 is 0. The SMILES string of the molecule is CCc1ccc(C(O)CN(C)CC(C)CC)cc1. The third kappa shape index (κ3) is 4.79. The highest BCUT2D eigenvalue weighted by Gasteiger charge is 2.12. The minimum Gasteiger partial charge on any atom is -0.387 e. The molecule has 2 unspecified atom stereocenters. The molecule has 0 radical (unpaired) electrons. The average Bonchev–Trinajstić information content (AvgIpc) is 2.38. The van der Waals surface area contributed by atoms with E-state index in [2.05, 4.69) is 44.9 Å². The molecule has 2 atom stereocenters. The zero-order chi connectivity index (χ0) is 13.5. The van der Waals surface area contributed by atoms with Crippen LogP contribution in [0.1, 0.15) is 44.4 Å². The number of nitrogens with zero attached hydrogens (tertiary/aromatic N) is 1. The second-order valence-corrected chi connectivity index (χ2v) is 5.35. The van der Waals surface area contributed by atoms with Gasteiger partial charge in [0.15, 0.2) is 0 Å². The third-order valence-corrected chi connectivity index (χ3v) is 3.58. The maximum absolute atomic E-state index is 10.2. The van der Waals surface area contributed by atoms with Crippen molar-refractivity contribution in [1.82, 2.24) is 4.90 Å². The van der Waals surface area contributed by atoms with Crippen molar-refractivity contribution < 1.29 is 5.11 Å². The molecule has 0 bridgehead atoms. The lowest BCUT2D eigenvalue weighted by molar-refractivity contribution is 0.119. The number of hydrogen-bond donors (Lipinski definition) is 1. The lowest BCUT2D eigenvalue weighted by Gasteiger charge is -2.23. The summed E-state index contributed by atoms with van der Waals surface area (Å²) in [5.41, 5.74) is 2.34. The molecule has 1 aromatic rings. The number of aryl methyl sites for hydroxylation is 1. The molecule has 0 aliphatic rings. The Morgan fingerprint density at radius 2 is 1.72 bits per heavy atom. The van der Waals surface area contributed by atoms with Gasteiger partial charge in [-0.2, -0.15) is 0 Å². The van der Waals surface area contributed by atoms with E-state index >= 15 is 0 Å². The molecule has 0 spiro atoms. The van der Waals surface area contributed by atoms with Crippen molar-refractivity contribution in [2.75, 3.05) is 20.1 Å². The quantitative estimate of drug-likeness (QED) is 0.802. The molecule has 2 nitrogen and oxygen atoms in total. The van der Waals surface area contributed by atoms with Gasteiger partial charge in [0, 0.05) is 13.1 Å². The van der Waals surface area contributed by atoms with Gasteiger partial charge in [0.05, 0.1) is 6.10 Å². The monoisotopic (exact) mass is 249 g/mol. The maximum Gasteiger partial charge on any atom is 0.0916 e. The molecule has 18 heavy (non-hydrogen) atoms. The van der Waals surface area contributed by atoms with Gasteiger partial charge < -0.3 is 10.0 Å². The molecule has 1 N–H and O–H groups in total. The highest BCUT2D eigenvalue weighted by molar-refractivity contribution is 5.24. The van der Waals surface area contributed by atoms with Crippen LogP contribution < -0.4 is 0 Å². The summed E-state index contributed by atoms with van der Waals surface area (Å²) >= 11 is 0. The minimum absolute atomic E-state index is 0.384. The van der Waals surface area contributed by atoms with Crippen LogP contribution in [0, 0.1) is 5.92 Å². The van der Waals surface area contributed by atoms with E-state index in [4.69, 9.17) is 0 Å². The van der Waals surface area contributed by atoms with Crippen LogP contribution in [0.25, 0.3) is 0 Å². The number of benzene rings is 1. The number of aliphatic hydroxyl groups is 1. The molecule has 0 aromatic heterocycles. The van der Waals surface area contributed by atoms with Crippen molar-refractivity contribution in [1.29, 1.82) is 0 Å². The first-order valence-electron chi connectivity index (χ1n) is 7.02. The second-order valence-electron chi connectivity index (χ2n) is 5.35. The molecular weight excluding hydrogens is 222 g/mol. The molecule has 0 aliphatic heterocycles. The first-order chi connectivity index (χ1) is 8.56. The fourth-order valence-electron chi connectivity index (χ4n) is 2.11. The first-order valence-corrected chi connectivity index (χ1v) is 7.02. The van der Waals surface area contributed by atoms with Crippen molar-refractivity contribution in [2.24, 2.45) is 5.92 Å². The number of hydrogen-bond acceptors (Lipinski definition) is 2. The van der Waals surface area contributed by atoms with E-state index in [1.54, 1.807) is 0 Å². The van der Waals surface area contributed by atoms with Crippen LogP contribution in [0.4, 0.5) is 0 Å². The van der Waals surface area contributed by atoms with Crippen LogP contribution >= 0.6 is 0 Å². The van der Waals surface area contributed by atoms with Gasteiger partial charge in [-0.1, -0.05) is 51.5 Å². The predicted molar refractivity (Wildman–Crippen MR) is 77.7 cm³/mol. The third-order valence-electron chi connectivity index (χ3n) is 3.58. The van der Waals surface area contributed by atoms with Crippen molar-refractivity contribution in [3.63, 3.8) is 0 Å². The summed E-state index contributed by atoms with van der Waals surface area (Å²) in [5.74, 6) is 0.685. The van der Waals surface area contributed by atoms with Crippen molar-refractivity contribution in [3.05, 3.63) is 35.4 Å². The second kappa shape index (κ2) is 7.55. The average molecular weight is 249 g/mol. The molecule has 0 fully saturated rings. The number of aliphatic hydroxyl groups excluding tert-OH is 1. The first kappa shape index (κ1) is 15.2. The Balaban J connectivity index is 2.50. The van der Waals surface area contributed by atoms with E-state index in [-0.39, 0.29) is 6.10 Å². The number of likely N-dealkylation sites (N-methyl/N-ethyl adjacent to an activating group) is 1. The van der Waals surface area contributed by atoms with Gasteiger partial charge in [-0.3, -0.25) is 0 Å². The van der Waals surface area contributed by atoms with E-state index < -0.39 is 0 Å². The maximum atomic E-state index is 10.2. The lowest BCUT2D eigenvalue weighted by atomic mass is 10.0.